The molecule has 3 nitrogen and oxygen atoms in total. The first-order valence-electron chi connectivity index (χ1n) is 5.03. The van der Waals surface area contributed by atoms with E-state index in [4.69, 9.17) is 16.0 Å². The van der Waals surface area contributed by atoms with E-state index in [9.17, 15) is 5.11 Å². The van der Waals surface area contributed by atoms with E-state index in [1.54, 1.807) is 6.07 Å². The normalized spacial score (nSPS) is 12.9. The highest BCUT2D eigenvalue weighted by Crippen LogP contribution is 2.26. The molecule has 2 heterocycles. The number of hydrogen-bond donors (Lipinski definition) is 2. The van der Waals surface area contributed by atoms with Crippen molar-refractivity contribution in [1.29, 1.82) is 0 Å². The lowest BCUT2D eigenvalue weighted by molar-refractivity contribution is 0.177. The summed E-state index contributed by atoms with van der Waals surface area (Å²) in [6.07, 6.45) is -0.536. The van der Waals surface area contributed by atoms with Crippen LogP contribution in [0.2, 0.25) is 4.34 Å². The molecule has 0 aliphatic rings. The Morgan fingerprint density at radius 1 is 1.41 bits per heavy atom. The maximum Gasteiger partial charge on any atom is 0.169 e. The molecule has 2 rings (SSSR count). The molecule has 0 amide bonds. The Morgan fingerprint density at radius 3 is 2.82 bits per heavy atom. The Bertz CT molecular complexity index is 485. The van der Waals surface area contributed by atoms with Crippen LogP contribution in [-0.2, 0) is 6.54 Å². The fourth-order valence-electron chi connectivity index (χ4n) is 1.39. The van der Waals surface area contributed by atoms with Crippen molar-refractivity contribution in [2.24, 2.45) is 0 Å². The third-order valence-corrected chi connectivity index (χ3v) is 3.95. The van der Waals surface area contributed by atoms with Crippen LogP contribution in [0.25, 0.3) is 0 Å². The van der Waals surface area contributed by atoms with Crippen molar-refractivity contribution in [3.05, 3.63) is 43.9 Å². The molecule has 17 heavy (non-hydrogen) atoms. The second kappa shape index (κ2) is 6.02. The molecule has 6 heteroatoms. The Kier molecular flexibility index (Phi) is 4.64. The molecule has 0 aromatic carbocycles. The molecule has 92 valence electrons. The molecule has 2 aromatic rings. The molecule has 2 aromatic heterocycles. The van der Waals surface area contributed by atoms with Crippen molar-refractivity contribution >= 4 is 38.9 Å². The molecule has 2 N–H and O–H groups in total. The number of nitrogens with one attached hydrogen (secondary N) is 1. The van der Waals surface area contributed by atoms with Gasteiger partial charge >= 0.3 is 0 Å². The molecule has 0 saturated carbocycles. The van der Waals surface area contributed by atoms with Gasteiger partial charge in [0, 0.05) is 11.4 Å². The van der Waals surface area contributed by atoms with Crippen molar-refractivity contribution < 1.29 is 9.52 Å². The van der Waals surface area contributed by atoms with Crippen LogP contribution in [0.1, 0.15) is 16.7 Å². The van der Waals surface area contributed by atoms with Crippen LogP contribution in [0.15, 0.2) is 33.4 Å². The van der Waals surface area contributed by atoms with E-state index in [0.29, 0.717) is 22.1 Å². The Hall–Kier alpha value is -0.330. The van der Waals surface area contributed by atoms with Crippen molar-refractivity contribution in [1.82, 2.24) is 5.32 Å². The minimum absolute atomic E-state index is 0.467. The van der Waals surface area contributed by atoms with Gasteiger partial charge in [0.1, 0.15) is 11.9 Å². The topological polar surface area (TPSA) is 45.4 Å². The SMILES string of the molecule is O[C@@H](CNCc1ccc(Br)o1)c1ccc(Cl)s1. The molecule has 0 fully saturated rings. The Morgan fingerprint density at radius 2 is 2.24 bits per heavy atom. The summed E-state index contributed by atoms with van der Waals surface area (Å²) in [4.78, 5) is 0.864. The smallest absolute Gasteiger partial charge is 0.169 e. The summed E-state index contributed by atoms with van der Waals surface area (Å²) in [5, 5.41) is 13.0. The van der Waals surface area contributed by atoms with E-state index in [0.717, 1.165) is 10.6 Å². The van der Waals surface area contributed by atoms with E-state index >= 15 is 0 Å². The monoisotopic (exact) mass is 335 g/mol. The number of halogens is 2. The number of thiophene rings is 1. The molecule has 0 unspecified atom stereocenters. The van der Waals surface area contributed by atoms with Crippen LogP contribution >= 0.6 is 38.9 Å². The summed E-state index contributed by atoms with van der Waals surface area (Å²) in [5.74, 6) is 0.827. The van der Waals surface area contributed by atoms with E-state index < -0.39 is 6.10 Å². The average Bonchev–Trinajstić information content (AvgIpc) is 2.88. The lowest BCUT2D eigenvalue weighted by Crippen LogP contribution is -2.20. The first-order valence-corrected chi connectivity index (χ1v) is 7.02. The summed E-state index contributed by atoms with van der Waals surface area (Å²) in [5.41, 5.74) is 0. The van der Waals surface area contributed by atoms with Gasteiger partial charge < -0.3 is 14.8 Å². The maximum atomic E-state index is 9.87. The molecule has 0 radical (unpaired) electrons. The molecular weight excluding hydrogens is 326 g/mol. The predicted octanol–water partition coefficient (Wildman–Crippen LogP) is 3.58. The van der Waals surface area contributed by atoms with Gasteiger partial charge in [0.15, 0.2) is 4.67 Å². The van der Waals surface area contributed by atoms with Gasteiger partial charge in [-0.25, -0.2) is 0 Å². The van der Waals surface area contributed by atoms with Gasteiger partial charge in [0.2, 0.25) is 0 Å². The van der Waals surface area contributed by atoms with Crippen LogP contribution in [0.4, 0.5) is 0 Å². The Balaban J connectivity index is 1.78. The summed E-state index contributed by atoms with van der Waals surface area (Å²) in [6, 6.07) is 7.34. The first-order chi connectivity index (χ1) is 8.15. The van der Waals surface area contributed by atoms with Gasteiger partial charge in [-0.05, 0) is 40.2 Å². The van der Waals surface area contributed by atoms with Crippen LogP contribution in [0.3, 0.4) is 0 Å². The zero-order valence-electron chi connectivity index (χ0n) is 8.82. The average molecular weight is 337 g/mol. The quantitative estimate of drug-likeness (QED) is 0.877. The Labute approximate surface area is 117 Å². The number of rotatable bonds is 5. The fraction of sp³-hybridized carbons (Fsp3) is 0.273. The third kappa shape index (κ3) is 3.82. The molecule has 0 bridgehead atoms. The summed E-state index contributed by atoms with van der Waals surface area (Å²) in [6.45, 7) is 1.05. The molecule has 0 aliphatic heterocycles. The van der Waals surface area contributed by atoms with Gasteiger partial charge in [-0.1, -0.05) is 11.6 Å². The van der Waals surface area contributed by atoms with E-state index in [2.05, 4.69) is 21.2 Å². The predicted molar refractivity (Wildman–Crippen MR) is 72.4 cm³/mol. The highest BCUT2D eigenvalue weighted by Gasteiger charge is 2.10. The van der Waals surface area contributed by atoms with E-state index in [1.165, 1.54) is 11.3 Å². The zero-order chi connectivity index (χ0) is 12.3. The number of aliphatic hydroxyl groups excluding tert-OH is 1. The summed E-state index contributed by atoms with van der Waals surface area (Å²) >= 11 is 10.4. The first kappa shape index (κ1) is 13.1. The summed E-state index contributed by atoms with van der Waals surface area (Å²) in [7, 11) is 0. The molecular formula is C11H11BrClNO2S. The van der Waals surface area contributed by atoms with Crippen molar-refractivity contribution in [3.63, 3.8) is 0 Å². The van der Waals surface area contributed by atoms with Crippen LogP contribution < -0.4 is 5.32 Å². The van der Waals surface area contributed by atoms with Crippen molar-refractivity contribution in [2.75, 3.05) is 6.54 Å². The molecule has 0 aliphatic carbocycles. The van der Waals surface area contributed by atoms with Gasteiger partial charge in [-0.2, -0.15) is 0 Å². The van der Waals surface area contributed by atoms with Crippen molar-refractivity contribution in [2.45, 2.75) is 12.6 Å². The highest BCUT2D eigenvalue weighted by atomic mass is 79.9. The number of hydrogen-bond acceptors (Lipinski definition) is 4. The van der Waals surface area contributed by atoms with Gasteiger partial charge in [0.25, 0.3) is 0 Å². The maximum absolute atomic E-state index is 9.87. The van der Waals surface area contributed by atoms with E-state index in [-0.39, 0.29) is 0 Å². The number of aliphatic hydroxyl groups is 1. The van der Waals surface area contributed by atoms with Gasteiger partial charge in [-0.15, -0.1) is 11.3 Å². The van der Waals surface area contributed by atoms with Gasteiger partial charge in [-0.3, -0.25) is 0 Å². The third-order valence-electron chi connectivity index (χ3n) is 2.19. The zero-order valence-corrected chi connectivity index (χ0v) is 12.0. The second-order valence-electron chi connectivity index (χ2n) is 3.49. The molecule has 1 atom stereocenters. The van der Waals surface area contributed by atoms with Crippen LogP contribution in [0.5, 0.6) is 0 Å². The van der Waals surface area contributed by atoms with Crippen LogP contribution in [0, 0.1) is 0 Å². The lowest BCUT2D eigenvalue weighted by Gasteiger charge is -2.08. The largest absolute Gasteiger partial charge is 0.453 e. The van der Waals surface area contributed by atoms with Gasteiger partial charge in [0.05, 0.1) is 10.9 Å². The second-order valence-corrected chi connectivity index (χ2v) is 6.02. The van der Waals surface area contributed by atoms with Crippen molar-refractivity contribution in [3.8, 4) is 0 Å². The summed E-state index contributed by atoms with van der Waals surface area (Å²) < 4.78 is 6.73. The lowest BCUT2D eigenvalue weighted by atomic mass is 10.3. The molecule has 0 spiro atoms. The minimum atomic E-state index is -0.536. The standard InChI is InChI=1S/C11H11BrClNO2S/c12-10-3-1-7(16-10)5-14-6-8(15)9-2-4-11(13)17-9/h1-4,8,14-15H,5-6H2/t8-/m0/s1. The van der Waals surface area contributed by atoms with E-state index in [1.807, 2.05) is 18.2 Å². The van der Waals surface area contributed by atoms with Crippen LogP contribution in [-0.4, -0.2) is 11.7 Å². The minimum Gasteiger partial charge on any atom is -0.453 e. The fourth-order valence-corrected chi connectivity index (χ4v) is 2.77. The highest BCUT2D eigenvalue weighted by molar-refractivity contribution is 9.10. The molecule has 0 saturated heterocycles. The number of furan rings is 1.